The first-order valence-electron chi connectivity index (χ1n) is 6.15. The van der Waals surface area contributed by atoms with Crippen LogP contribution in [0.3, 0.4) is 0 Å². The fraction of sp³-hybridized carbons (Fsp3) is 0.214. The van der Waals surface area contributed by atoms with Crippen molar-refractivity contribution in [2.75, 3.05) is 5.75 Å². The van der Waals surface area contributed by atoms with E-state index in [2.05, 4.69) is 0 Å². The lowest BCUT2D eigenvalue weighted by Gasteiger charge is -2.34. The highest BCUT2D eigenvalue weighted by molar-refractivity contribution is 8.23. The quantitative estimate of drug-likeness (QED) is 0.828. The van der Waals surface area contributed by atoms with Crippen LogP contribution in [0.1, 0.15) is 11.3 Å². The lowest BCUT2D eigenvalue weighted by molar-refractivity contribution is -0.0531. The van der Waals surface area contributed by atoms with E-state index in [1.165, 1.54) is 11.8 Å². The van der Waals surface area contributed by atoms with Gasteiger partial charge in [0, 0.05) is 10.6 Å². The summed E-state index contributed by atoms with van der Waals surface area (Å²) in [4.78, 5) is 1.72. The average molecular weight is 360 g/mol. The zero-order valence-electron chi connectivity index (χ0n) is 10.8. The monoisotopic (exact) mass is 359 g/mol. The molecule has 1 saturated heterocycles. The minimum Gasteiger partial charge on any atom is -0.467 e. The van der Waals surface area contributed by atoms with Crippen molar-refractivity contribution >= 4 is 51.5 Å². The van der Waals surface area contributed by atoms with Crippen molar-refractivity contribution in [1.29, 1.82) is 0 Å². The first-order chi connectivity index (χ1) is 10.0. The SMILES string of the molecule is O[C@@]1(c2ccc(Cl)cc2Cl)CSC(=S)N1Cc1ccco1. The van der Waals surface area contributed by atoms with Crippen LogP contribution in [-0.4, -0.2) is 20.1 Å². The molecular formula is C14H11Cl2NO2S2. The largest absolute Gasteiger partial charge is 0.467 e. The standard InChI is InChI=1S/C14H11Cl2NO2S2/c15-9-3-4-11(12(16)6-9)14(18)8-21-13(20)17(14)7-10-2-1-5-19-10/h1-6,18H,7-8H2/t14-/m1/s1. The molecule has 1 aliphatic rings. The zero-order valence-corrected chi connectivity index (χ0v) is 13.9. The first-order valence-corrected chi connectivity index (χ1v) is 8.30. The number of hydrogen-bond donors (Lipinski definition) is 1. The number of nitrogens with zero attached hydrogens (tertiary/aromatic N) is 1. The van der Waals surface area contributed by atoms with Crippen LogP contribution in [0, 0.1) is 0 Å². The predicted molar refractivity (Wildman–Crippen MR) is 89.7 cm³/mol. The molecule has 110 valence electrons. The molecular weight excluding hydrogens is 349 g/mol. The zero-order chi connectivity index (χ0) is 15.0. The van der Waals surface area contributed by atoms with Crippen LogP contribution in [0.4, 0.5) is 0 Å². The number of benzene rings is 1. The molecule has 2 aromatic rings. The first kappa shape index (κ1) is 15.2. The van der Waals surface area contributed by atoms with Crippen molar-refractivity contribution < 1.29 is 9.52 Å². The van der Waals surface area contributed by atoms with Crippen LogP contribution in [0.2, 0.25) is 10.0 Å². The average Bonchev–Trinajstić information content (AvgIpc) is 3.03. The maximum absolute atomic E-state index is 11.1. The van der Waals surface area contributed by atoms with Gasteiger partial charge in [-0.15, -0.1) is 0 Å². The number of hydrogen-bond acceptors (Lipinski definition) is 4. The summed E-state index contributed by atoms with van der Waals surface area (Å²) in [6, 6.07) is 8.70. The Bertz CT molecular complexity index is 678. The van der Waals surface area contributed by atoms with Gasteiger partial charge in [0.25, 0.3) is 0 Å². The summed E-state index contributed by atoms with van der Waals surface area (Å²) >= 11 is 18.9. The van der Waals surface area contributed by atoms with E-state index in [0.717, 1.165) is 5.76 Å². The molecule has 3 rings (SSSR count). The number of halogens is 2. The third-order valence-electron chi connectivity index (χ3n) is 3.32. The second-order valence-corrected chi connectivity index (χ2v) is 7.11. The normalized spacial score (nSPS) is 22.0. The van der Waals surface area contributed by atoms with E-state index < -0.39 is 5.72 Å². The van der Waals surface area contributed by atoms with Crippen LogP contribution < -0.4 is 0 Å². The molecule has 7 heteroatoms. The molecule has 1 aliphatic heterocycles. The van der Waals surface area contributed by atoms with E-state index in [0.29, 0.717) is 32.2 Å². The lowest BCUT2D eigenvalue weighted by Crippen LogP contribution is -2.44. The molecule has 0 aliphatic carbocycles. The van der Waals surface area contributed by atoms with Crippen LogP contribution in [0.15, 0.2) is 41.0 Å². The van der Waals surface area contributed by atoms with E-state index in [1.807, 2.05) is 6.07 Å². The van der Waals surface area contributed by atoms with Crippen molar-refractivity contribution in [3.63, 3.8) is 0 Å². The summed E-state index contributed by atoms with van der Waals surface area (Å²) in [5, 5.41) is 12.1. The number of rotatable bonds is 3. The van der Waals surface area contributed by atoms with Crippen LogP contribution in [0.5, 0.6) is 0 Å². The van der Waals surface area contributed by atoms with E-state index in [1.54, 1.807) is 35.4 Å². The van der Waals surface area contributed by atoms with Crippen molar-refractivity contribution in [3.05, 3.63) is 58.0 Å². The molecule has 1 fully saturated rings. The molecule has 1 N–H and O–H groups in total. The highest BCUT2D eigenvalue weighted by atomic mass is 35.5. The minimum atomic E-state index is -1.27. The Morgan fingerprint density at radius 3 is 2.86 bits per heavy atom. The number of aliphatic hydroxyl groups is 1. The van der Waals surface area contributed by atoms with Gasteiger partial charge in [0.1, 0.15) is 10.1 Å². The Kier molecular flexibility index (Phi) is 4.21. The van der Waals surface area contributed by atoms with Gasteiger partial charge in [-0.3, -0.25) is 0 Å². The summed E-state index contributed by atoms with van der Waals surface area (Å²) in [6.45, 7) is 0.383. The molecule has 0 unspecified atom stereocenters. The molecule has 0 radical (unpaired) electrons. The van der Waals surface area contributed by atoms with Gasteiger partial charge in [0.05, 0.1) is 23.6 Å². The maximum atomic E-state index is 11.1. The fourth-order valence-corrected chi connectivity index (χ4v) is 4.22. The number of thiocarbonyl (C=S) groups is 1. The number of thioether (sulfide) groups is 1. The molecule has 0 amide bonds. The van der Waals surface area contributed by atoms with Crippen LogP contribution in [-0.2, 0) is 12.3 Å². The summed E-state index contributed by atoms with van der Waals surface area (Å²) in [7, 11) is 0. The Hall–Kier alpha value is -0.720. The number of furan rings is 1. The molecule has 1 atom stereocenters. The van der Waals surface area contributed by atoms with Gasteiger partial charge in [-0.05, 0) is 24.3 Å². The molecule has 0 bridgehead atoms. The van der Waals surface area contributed by atoms with Crippen molar-refractivity contribution in [2.45, 2.75) is 12.3 Å². The van der Waals surface area contributed by atoms with Crippen LogP contribution >= 0.6 is 47.2 Å². The van der Waals surface area contributed by atoms with Gasteiger partial charge in [-0.2, -0.15) is 0 Å². The molecule has 0 saturated carbocycles. The Balaban J connectivity index is 1.99. The van der Waals surface area contributed by atoms with Crippen LogP contribution in [0.25, 0.3) is 0 Å². The van der Waals surface area contributed by atoms with Gasteiger partial charge in [0.2, 0.25) is 0 Å². The van der Waals surface area contributed by atoms with E-state index in [4.69, 9.17) is 39.8 Å². The van der Waals surface area contributed by atoms with Gasteiger partial charge in [0.15, 0.2) is 5.72 Å². The van der Waals surface area contributed by atoms with E-state index >= 15 is 0 Å². The Labute approximate surface area is 141 Å². The third kappa shape index (κ3) is 2.81. The van der Waals surface area contributed by atoms with Crippen molar-refractivity contribution in [3.8, 4) is 0 Å². The summed E-state index contributed by atoms with van der Waals surface area (Å²) in [5.74, 6) is 1.14. The van der Waals surface area contributed by atoms with E-state index in [9.17, 15) is 5.11 Å². The summed E-state index contributed by atoms with van der Waals surface area (Å²) in [6.07, 6.45) is 1.59. The van der Waals surface area contributed by atoms with Crippen molar-refractivity contribution in [1.82, 2.24) is 4.90 Å². The predicted octanol–water partition coefficient (Wildman–Crippen LogP) is 4.27. The van der Waals surface area contributed by atoms with Gasteiger partial charge in [-0.25, -0.2) is 0 Å². The Morgan fingerprint density at radius 2 is 2.19 bits per heavy atom. The minimum absolute atomic E-state index is 0.383. The van der Waals surface area contributed by atoms with Gasteiger partial charge >= 0.3 is 0 Å². The second kappa shape index (κ2) is 5.82. The molecule has 1 aromatic carbocycles. The third-order valence-corrected chi connectivity index (χ3v) is 5.46. The topological polar surface area (TPSA) is 36.6 Å². The molecule has 1 aromatic heterocycles. The smallest absolute Gasteiger partial charge is 0.176 e. The lowest BCUT2D eigenvalue weighted by atomic mass is 10.0. The fourth-order valence-electron chi connectivity index (χ4n) is 2.26. The summed E-state index contributed by atoms with van der Waals surface area (Å²) in [5.41, 5.74) is -0.677. The van der Waals surface area contributed by atoms with E-state index in [-0.39, 0.29) is 0 Å². The van der Waals surface area contributed by atoms with Crippen molar-refractivity contribution in [2.24, 2.45) is 0 Å². The molecule has 2 heterocycles. The van der Waals surface area contributed by atoms with Gasteiger partial charge < -0.3 is 14.4 Å². The Morgan fingerprint density at radius 1 is 1.38 bits per heavy atom. The summed E-state index contributed by atoms with van der Waals surface area (Å²) < 4.78 is 5.96. The second-order valence-electron chi connectivity index (χ2n) is 4.66. The molecule has 0 spiro atoms. The van der Waals surface area contributed by atoms with Gasteiger partial charge in [-0.1, -0.05) is 53.2 Å². The molecule has 3 nitrogen and oxygen atoms in total. The maximum Gasteiger partial charge on any atom is 0.176 e. The highest BCUT2D eigenvalue weighted by Crippen LogP contribution is 2.43. The highest BCUT2D eigenvalue weighted by Gasteiger charge is 2.45. The molecule has 21 heavy (non-hydrogen) atoms.